The molecular formula is C16H24N2O4S. The number of hydrogen-bond donors (Lipinski definition) is 2. The molecule has 1 heterocycles. The Balaban J connectivity index is 2.26. The third-order valence-corrected chi connectivity index (χ3v) is 6.11. The van der Waals surface area contributed by atoms with Crippen LogP contribution in [-0.2, 0) is 16.0 Å². The summed E-state index contributed by atoms with van der Waals surface area (Å²) < 4.78 is 5.61. The predicted octanol–water partition coefficient (Wildman–Crippen LogP) is 2.40. The first-order valence-electron chi connectivity index (χ1n) is 7.83. The summed E-state index contributed by atoms with van der Waals surface area (Å²) in [4.78, 5) is 29.3. The number of aromatic nitrogens is 1. The van der Waals surface area contributed by atoms with Crippen LogP contribution >= 0.6 is 11.3 Å². The normalized spacial score (nSPS) is 25.7. The lowest BCUT2D eigenvalue weighted by Crippen LogP contribution is -2.76. The number of hydrogen-bond acceptors (Lipinski definition) is 5. The van der Waals surface area contributed by atoms with E-state index >= 15 is 0 Å². The van der Waals surface area contributed by atoms with E-state index in [-0.39, 0.29) is 18.4 Å². The number of carboxylic acids is 1. The Hall–Kier alpha value is -1.47. The zero-order valence-corrected chi connectivity index (χ0v) is 15.0. The van der Waals surface area contributed by atoms with E-state index in [2.05, 4.69) is 10.3 Å². The maximum absolute atomic E-state index is 12.6. The summed E-state index contributed by atoms with van der Waals surface area (Å²) >= 11 is 1.32. The number of thiazole rings is 1. The van der Waals surface area contributed by atoms with Gasteiger partial charge in [0.1, 0.15) is 10.4 Å². The molecule has 128 valence electrons. The van der Waals surface area contributed by atoms with E-state index in [0.717, 1.165) is 11.4 Å². The molecule has 0 aliphatic heterocycles. The van der Waals surface area contributed by atoms with E-state index in [1.807, 2.05) is 27.7 Å². The molecule has 1 fully saturated rings. The summed E-state index contributed by atoms with van der Waals surface area (Å²) in [7, 11) is 0. The Morgan fingerprint density at radius 1 is 1.43 bits per heavy atom. The van der Waals surface area contributed by atoms with Gasteiger partial charge in [-0.25, -0.2) is 9.78 Å². The van der Waals surface area contributed by atoms with Gasteiger partial charge in [-0.3, -0.25) is 4.79 Å². The highest BCUT2D eigenvalue weighted by atomic mass is 32.1. The maximum Gasteiger partial charge on any atom is 0.330 e. The number of ether oxygens (including phenoxy) is 1. The molecule has 0 aromatic carbocycles. The number of nitrogens with zero attached hydrogens (tertiary/aromatic N) is 1. The summed E-state index contributed by atoms with van der Waals surface area (Å²) in [6, 6.07) is 0. The third kappa shape index (κ3) is 2.76. The van der Waals surface area contributed by atoms with Gasteiger partial charge in [-0.1, -0.05) is 20.8 Å². The van der Waals surface area contributed by atoms with Gasteiger partial charge in [-0.05, 0) is 20.3 Å². The van der Waals surface area contributed by atoms with Crippen molar-refractivity contribution in [3.63, 3.8) is 0 Å². The summed E-state index contributed by atoms with van der Waals surface area (Å²) in [5.74, 6) is -1.39. The van der Waals surface area contributed by atoms with Crippen molar-refractivity contribution in [3.8, 4) is 0 Å². The third-order valence-electron chi connectivity index (χ3n) is 4.81. The number of nitrogens with one attached hydrogen (secondary N) is 1. The number of amides is 1. The number of carboxylic acid groups (broad SMARTS) is 1. The zero-order chi connectivity index (χ0) is 17.4. The van der Waals surface area contributed by atoms with Crippen LogP contribution in [0.1, 0.15) is 54.5 Å². The van der Waals surface area contributed by atoms with E-state index < -0.39 is 16.9 Å². The lowest BCUT2D eigenvalue weighted by molar-refractivity contribution is -0.190. The SMILES string of the molecule is CCO[C@H]1C[C@](NC(=O)c2sc(CC)nc2C)(C(=O)O)C1(C)C. The standard InChI is InChI=1S/C16H24N2O4S/c1-6-11-17-9(3)12(23-11)13(19)18-16(14(20)21)8-10(22-7-2)15(16,4)5/h10H,6-8H2,1-5H3,(H,18,19)(H,20,21)/t10-,16-/m0/s1. The molecule has 1 aliphatic rings. The van der Waals surface area contributed by atoms with Crippen molar-refractivity contribution in [2.45, 2.75) is 59.1 Å². The summed E-state index contributed by atoms with van der Waals surface area (Å²) in [6.07, 6.45) is 0.839. The average Bonchev–Trinajstić information content (AvgIpc) is 2.86. The second kappa shape index (κ2) is 6.20. The monoisotopic (exact) mass is 340 g/mol. The lowest BCUT2D eigenvalue weighted by Gasteiger charge is -2.58. The molecule has 0 radical (unpaired) electrons. The quantitative estimate of drug-likeness (QED) is 0.830. The molecule has 0 spiro atoms. The molecule has 2 rings (SSSR count). The Kier molecular flexibility index (Phi) is 4.82. The van der Waals surface area contributed by atoms with Gasteiger partial charge < -0.3 is 15.2 Å². The van der Waals surface area contributed by atoms with Gasteiger partial charge in [-0.2, -0.15) is 0 Å². The smallest absolute Gasteiger partial charge is 0.330 e. The van der Waals surface area contributed by atoms with Gasteiger partial charge in [-0.15, -0.1) is 11.3 Å². The molecular weight excluding hydrogens is 316 g/mol. The van der Waals surface area contributed by atoms with Crippen molar-refractivity contribution in [2.24, 2.45) is 5.41 Å². The number of carbonyl (C=O) groups excluding carboxylic acids is 1. The van der Waals surface area contributed by atoms with Crippen LogP contribution in [-0.4, -0.2) is 40.2 Å². The molecule has 23 heavy (non-hydrogen) atoms. The maximum atomic E-state index is 12.6. The molecule has 0 unspecified atom stereocenters. The number of carbonyl (C=O) groups is 2. The largest absolute Gasteiger partial charge is 0.479 e. The summed E-state index contributed by atoms with van der Waals surface area (Å²) in [5, 5.41) is 13.4. The van der Waals surface area contributed by atoms with Crippen molar-refractivity contribution in [2.75, 3.05) is 6.61 Å². The van der Waals surface area contributed by atoms with Gasteiger partial charge >= 0.3 is 5.97 Å². The second-order valence-electron chi connectivity index (χ2n) is 6.41. The molecule has 0 saturated heterocycles. The topological polar surface area (TPSA) is 88.5 Å². The first-order valence-corrected chi connectivity index (χ1v) is 8.65. The Bertz CT molecular complexity index is 626. The van der Waals surface area contributed by atoms with E-state index in [1.54, 1.807) is 6.92 Å². The van der Waals surface area contributed by atoms with Gasteiger partial charge in [0, 0.05) is 18.4 Å². The fourth-order valence-electron chi connectivity index (χ4n) is 3.10. The Morgan fingerprint density at radius 2 is 2.09 bits per heavy atom. The predicted molar refractivity (Wildman–Crippen MR) is 87.9 cm³/mol. The Labute approximate surface area is 140 Å². The van der Waals surface area contributed by atoms with Crippen LogP contribution in [0.5, 0.6) is 0 Å². The molecule has 1 aromatic heterocycles. The highest BCUT2D eigenvalue weighted by Crippen LogP contribution is 2.51. The lowest BCUT2D eigenvalue weighted by atomic mass is 9.54. The van der Waals surface area contributed by atoms with Crippen molar-refractivity contribution < 1.29 is 19.4 Å². The van der Waals surface area contributed by atoms with Crippen molar-refractivity contribution >= 4 is 23.2 Å². The van der Waals surface area contributed by atoms with Crippen LogP contribution in [0.2, 0.25) is 0 Å². The highest BCUT2D eigenvalue weighted by Gasteiger charge is 2.66. The second-order valence-corrected chi connectivity index (χ2v) is 7.49. The van der Waals surface area contributed by atoms with Crippen molar-refractivity contribution in [3.05, 3.63) is 15.6 Å². The molecule has 1 saturated carbocycles. The average molecular weight is 340 g/mol. The van der Waals surface area contributed by atoms with Crippen LogP contribution in [0.3, 0.4) is 0 Å². The highest BCUT2D eigenvalue weighted by molar-refractivity contribution is 7.13. The van der Waals surface area contributed by atoms with Gasteiger partial charge in [0.2, 0.25) is 0 Å². The molecule has 7 heteroatoms. The first-order chi connectivity index (χ1) is 10.7. The van der Waals surface area contributed by atoms with Gasteiger partial charge in [0.15, 0.2) is 0 Å². The van der Waals surface area contributed by atoms with E-state index in [9.17, 15) is 14.7 Å². The first kappa shape index (κ1) is 17.9. The number of aliphatic carboxylic acids is 1. The molecule has 1 aromatic rings. The van der Waals surface area contributed by atoms with Crippen LogP contribution in [0.25, 0.3) is 0 Å². The molecule has 0 bridgehead atoms. The minimum Gasteiger partial charge on any atom is -0.479 e. The van der Waals surface area contributed by atoms with Crippen LogP contribution in [0, 0.1) is 12.3 Å². The van der Waals surface area contributed by atoms with Crippen LogP contribution in [0.15, 0.2) is 0 Å². The van der Waals surface area contributed by atoms with Crippen LogP contribution < -0.4 is 5.32 Å². The van der Waals surface area contributed by atoms with Gasteiger partial charge in [0.25, 0.3) is 5.91 Å². The molecule has 6 nitrogen and oxygen atoms in total. The van der Waals surface area contributed by atoms with E-state index in [0.29, 0.717) is 17.2 Å². The fourth-order valence-corrected chi connectivity index (χ4v) is 4.00. The van der Waals surface area contributed by atoms with E-state index in [4.69, 9.17) is 4.74 Å². The zero-order valence-electron chi connectivity index (χ0n) is 14.2. The van der Waals surface area contributed by atoms with Crippen LogP contribution in [0.4, 0.5) is 0 Å². The van der Waals surface area contributed by atoms with E-state index in [1.165, 1.54) is 11.3 Å². The van der Waals surface area contributed by atoms with Crippen molar-refractivity contribution in [1.82, 2.24) is 10.3 Å². The minimum absolute atomic E-state index is 0.183. The molecule has 1 amide bonds. The number of rotatable bonds is 6. The van der Waals surface area contributed by atoms with Crippen molar-refractivity contribution in [1.29, 1.82) is 0 Å². The summed E-state index contributed by atoms with van der Waals surface area (Å²) in [6.45, 7) is 9.78. The minimum atomic E-state index is -1.31. The molecule has 2 N–H and O–H groups in total. The molecule has 1 aliphatic carbocycles. The molecule has 2 atom stereocenters. The summed E-state index contributed by atoms with van der Waals surface area (Å²) in [5.41, 5.74) is -1.35. The Morgan fingerprint density at radius 3 is 2.52 bits per heavy atom. The number of aryl methyl sites for hydroxylation is 2. The fraction of sp³-hybridized carbons (Fsp3) is 0.688. The van der Waals surface area contributed by atoms with Gasteiger partial charge in [0.05, 0.1) is 16.8 Å².